The summed E-state index contributed by atoms with van der Waals surface area (Å²) in [5.41, 5.74) is 1.14. The first-order valence-electron chi connectivity index (χ1n) is 5.90. The van der Waals surface area contributed by atoms with Gasteiger partial charge in [0.25, 0.3) is 0 Å². The van der Waals surface area contributed by atoms with Crippen LogP contribution in [0.25, 0.3) is 12.2 Å². The summed E-state index contributed by atoms with van der Waals surface area (Å²) in [5.74, 6) is 1.50. The van der Waals surface area contributed by atoms with Crippen molar-refractivity contribution >= 4 is 12.2 Å². The zero-order valence-corrected chi connectivity index (χ0v) is 9.97. The summed E-state index contributed by atoms with van der Waals surface area (Å²) < 4.78 is 5.78. The van der Waals surface area contributed by atoms with Gasteiger partial charge in [0.1, 0.15) is 11.5 Å². The van der Waals surface area contributed by atoms with Crippen molar-refractivity contribution in [2.45, 2.75) is 6.42 Å². The van der Waals surface area contributed by atoms with Crippen LogP contribution in [0.2, 0.25) is 0 Å². The van der Waals surface area contributed by atoms with Gasteiger partial charge in [-0.3, -0.25) is 4.98 Å². The maximum atomic E-state index is 5.78. The van der Waals surface area contributed by atoms with Crippen molar-refractivity contribution in [3.8, 4) is 5.75 Å². The van der Waals surface area contributed by atoms with Crippen LogP contribution < -0.4 is 15.3 Å². The average molecular weight is 235 g/mol. The van der Waals surface area contributed by atoms with E-state index in [1.165, 1.54) is 0 Å². The average Bonchev–Trinajstić information content (AvgIpc) is 2.45. The third kappa shape index (κ3) is 2.05. The Morgan fingerprint density at radius 2 is 2.00 bits per heavy atom. The molecule has 2 heterocycles. The van der Waals surface area contributed by atoms with Crippen molar-refractivity contribution in [1.82, 2.24) is 4.98 Å². The van der Waals surface area contributed by atoms with Crippen molar-refractivity contribution < 1.29 is 4.74 Å². The van der Waals surface area contributed by atoms with Crippen molar-refractivity contribution in [3.63, 3.8) is 0 Å². The number of rotatable bonds is 0. The molecule has 2 nitrogen and oxygen atoms in total. The maximum absolute atomic E-state index is 5.78. The van der Waals surface area contributed by atoms with Gasteiger partial charge < -0.3 is 4.74 Å². The van der Waals surface area contributed by atoms with E-state index >= 15 is 0 Å². The molecule has 88 valence electrons. The summed E-state index contributed by atoms with van der Waals surface area (Å²) in [6.45, 7) is 3.94. The van der Waals surface area contributed by atoms with Crippen molar-refractivity contribution in [2.24, 2.45) is 0 Å². The molecule has 0 saturated heterocycles. The lowest BCUT2D eigenvalue weighted by atomic mass is 10.1. The molecule has 2 aromatic rings. The summed E-state index contributed by atoms with van der Waals surface area (Å²) >= 11 is 0. The van der Waals surface area contributed by atoms with Crippen LogP contribution in [0, 0.1) is 0 Å². The second-order valence-corrected chi connectivity index (χ2v) is 4.21. The van der Waals surface area contributed by atoms with Crippen LogP contribution in [0.1, 0.15) is 5.56 Å². The first-order valence-corrected chi connectivity index (χ1v) is 5.90. The highest BCUT2D eigenvalue weighted by atomic mass is 16.5. The van der Waals surface area contributed by atoms with E-state index in [4.69, 9.17) is 4.74 Å². The highest BCUT2D eigenvalue weighted by Gasteiger charge is 2.04. The van der Waals surface area contributed by atoms with E-state index in [1.54, 1.807) is 6.20 Å². The van der Waals surface area contributed by atoms with Crippen molar-refractivity contribution in [1.29, 1.82) is 0 Å². The Kier molecular flexibility index (Phi) is 2.69. The van der Waals surface area contributed by atoms with E-state index in [-0.39, 0.29) is 0 Å². The largest absolute Gasteiger partial charge is 0.458 e. The first kappa shape index (κ1) is 10.8. The normalized spacial score (nSPS) is 17.4. The Labute approximate surface area is 106 Å². The molecule has 2 heteroatoms. The SMILES string of the molecule is C=C1/C=c2/cccn/c2=C/Cc2ccccc2O1. The molecule has 0 radical (unpaired) electrons. The Balaban J connectivity index is 2.22. The molecule has 0 N–H and O–H groups in total. The van der Waals surface area contributed by atoms with E-state index < -0.39 is 0 Å². The van der Waals surface area contributed by atoms with Gasteiger partial charge in [0, 0.05) is 11.4 Å². The molecule has 1 aromatic heterocycles. The van der Waals surface area contributed by atoms with Crippen LogP contribution in [0.3, 0.4) is 0 Å². The minimum Gasteiger partial charge on any atom is -0.458 e. The van der Waals surface area contributed by atoms with Gasteiger partial charge in [-0.15, -0.1) is 0 Å². The van der Waals surface area contributed by atoms with Crippen molar-refractivity contribution in [2.75, 3.05) is 0 Å². The molecule has 1 aliphatic rings. The smallest absolute Gasteiger partial charge is 0.130 e. The first-order chi connectivity index (χ1) is 8.83. The molecule has 0 unspecified atom stereocenters. The third-order valence-electron chi connectivity index (χ3n) is 2.92. The van der Waals surface area contributed by atoms with E-state index in [2.05, 4.69) is 23.7 Å². The predicted octanol–water partition coefficient (Wildman–Crippen LogP) is 1.79. The quantitative estimate of drug-likeness (QED) is 0.694. The standard InChI is InChI=1S/C16H13NO/c1-12-11-14-6-4-10-17-15(14)9-8-13-5-2-3-7-16(13)18-12/h2-7,9-11H,1,8H2/b14-11-,15-9+. The number of para-hydroxylation sites is 1. The van der Waals surface area contributed by atoms with Crippen LogP contribution in [-0.4, -0.2) is 4.98 Å². The lowest BCUT2D eigenvalue weighted by molar-refractivity contribution is 0.451. The van der Waals surface area contributed by atoms with E-state index in [1.807, 2.05) is 36.4 Å². The van der Waals surface area contributed by atoms with Gasteiger partial charge >= 0.3 is 0 Å². The second kappa shape index (κ2) is 4.49. The predicted molar refractivity (Wildman–Crippen MR) is 72.3 cm³/mol. The summed E-state index contributed by atoms with van der Waals surface area (Å²) in [7, 11) is 0. The fraction of sp³-hybridized carbons (Fsp3) is 0.0625. The molecule has 0 bridgehead atoms. The van der Waals surface area contributed by atoms with Gasteiger partial charge in [-0.05, 0) is 30.2 Å². The van der Waals surface area contributed by atoms with Gasteiger partial charge in [0.05, 0.1) is 5.35 Å². The Hall–Kier alpha value is -2.35. The summed E-state index contributed by atoms with van der Waals surface area (Å²) in [5, 5.41) is 2.01. The Bertz CT molecular complexity index is 716. The number of pyridine rings is 1. The Morgan fingerprint density at radius 1 is 1.11 bits per heavy atom. The van der Waals surface area contributed by atoms with Gasteiger partial charge in [-0.1, -0.05) is 36.9 Å². The monoisotopic (exact) mass is 235 g/mol. The number of benzene rings is 1. The van der Waals surface area contributed by atoms with Crippen LogP contribution in [0.15, 0.2) is 54.9 Å². The zero-order chi connectivity index (χ0) is 12.4. The molecule has 0 amide bonds. The summed E-state index contributed by atoms with van der Waals surface area (Å²) in [4.78, 5) is 4.39. The zero-order valence-electron chi connectivity index (χ0n) is 9.97. The third-order valence-corrected chi connectivity index (χ3v) is 2.92. The fourth-order valence-electron chi connectivity index (χ4n) is 2.05. The second-order valence-electron chi connectivity index (χ2n) is 4.21. The fourth-order valence-corrected chi connectivity index (χ4v) is 2.05. The molecule has 0 saturated carbocycles. The number of hydrogen-bond acceptors (Lipinski definition) is 2. The number of aromatic nitrogens is 1. The molecule has 0 aliphatic carbocycles. The molecule has 3 rings (SSSR count). The number of hydrogen-bond donors (Lipinski definition) is 0. The number of allylic oxidation sites excluding steroid dienone is 1. The summed E-state index contributed by atoms with van der Waals surface area (Å²) in [6.07, 6.45) is 6.64. The number of nitrogens with zero attached hydrogens (tertiary/aromatic N) is 1. The topological polar surface area (TPSA) is 22.1 Å². The summed E-state index contributed by atoms with van der Waals surface area (Å²) in [6, 6.07) is 11.9. The lowest BCUT2D eigenvalue weighted by Gasteiger charge is -2.08. The van der Waals surface area contributed by atoms with Crippen LogP contribution >= 0.6 is 0 Å². The molecule has 1 aliphatic heterocycles. The van der Waals surface area contributed by atoms with Crippen LogP contribution in [0.5, 0.6) is 5.75 Å². The molecule has 0 spiro atoms. The molecular weight excluding hydrogens is 222 g/mol. The minimum absolute atomic E-state index is 0.631. The highest BCUT2D eigenvalue weighted by Crippen LogP contribution is 2.21. The van der Waals surface area contributed by atoms with E-state index in [9.17, 15) is 0 Å². The number of fused-ring (bicyclic) bond motifs is 2. The van der Waals surface area contributed by atoms with Crippen LogP contribution in [0.4, 0.5) is 0 Å². The molecule has 1 aromatic carbocycles. The molecule has 0 fully saturated rings. The maximum Gasteiger partial charge on any atom is 0.130 e. The van der Waals surface area contributed by atoms with Crippen LogP contribution in [-0.2, 0) is 6.42 Å². The number of ether oxygens (including phenoxy) is 1. The van der Waals surface area contributed by atoms with Gasteiger partial charge in [0.15, 0.2) is 0 Å². The van der Waals surface area contributed by atoms with Gasteiger partial charge in [-0.2, -0.15) is 0 Å². The van der Waals surface area contributed by atoms with Crippen molar-refractivity contribution in [3.05, 3.63) is 71.1 Å². The van der Waals surface area contributed by atoms with E-state index in [0.29, 0.717) is 5.76 Å². The lowest BCUT2D eigenvalue weighted by Crippen LogP contribution is -2.27. The molecule has 18 heavy (non-hydrogen) atoms. The van der Waals surface area contributed by atoms with E-state index in [0.717, 1.165) is 28.3 Å². The van der Waals surface area contributed by atoms with Gasteiger partial charge in [-0.25, -0.2) is 0 Å². The Morgan fingerprint density at radius 3 is 2.94 bits per heavy atom. The highest BCUT2D eigenvalue weighted by molar-refractivity contribution is 5.49. The minimum atomic E-state index is 0.631. The molecular formula is C16H13NO. The van der Waals surface area contributed by atoms with Gasteiger partial charge in [0.2, 0.25) is 0 Å². The molecule has 0 atom stereocenters.